The molecule has 1 aliphatic heterocycles. The van der Waals surface area contributed by atoms with Gasteiger partial charge in [0.05, 0.1) is 23.4 Å². The quantitative estimate of drug-likeness (QED) is 0.476. The standard InChI is InChI=1S/C12H9BrClNO4/c1-19-12(18)7(13)5-15-9-6(10(16)11(15)17)3-2-4-8(9)14/h2-4,7H,5H2,1H3. The molecule has 1 unspecified atom stereocenters. The van der Waals surface area contributed by atoms with Crippen LogP contribution >= 0.6 is 27.5 Å². The predicted octanol–water partition coefficient (Wildman–Crippen LogP) is 1.81. The normalized spacial score (nSPS) is 15.4. The van der Waals surface area contributed by atoms with Gasteiger partial charge < -0.3 is 9.64 Å². The first kappa shape index (κ1) is 14.0. The minimum atomic E-state index is -0.725. The molecule has 0 aromatic heterocycles. The lowest BCUT2D eigenvalue weighted by molar-refractivity contribution is -0.139. The number of hydrogen-bond donors (Lipinski definition) is 0. The van der Waals surface area contributed by atoms with Crippen molar-refractivity contribution in [3.05, 3.63) is 28.8 Å². The molecule has 2 rings (SSSR count). The molecule has 1 aromatic rings. The van der Waals surface area contributed by atoms with Crippen LogP contribution in [0.3, 0.4) is 0 Å². The number of rotatable bonds is 3. The third kappa shape index (κ3) is 2.37. The number of ketones is 1. The number of ether oxygens (including phenoxy) is 1. The molecule has 5 nitrogen and oxygen atoms in total. The number of alkyl halides is 1. The monoisotopic (exact) mass is 345 g/mol. The average Bonchev–Trinajstić information content (AvgIpc) is 2.64. The highest BCUT2D eigenvalue weighted by Gasteiger charge is 2.39. The van der Waals surface area contributed by atoms with Crippen molar-refractivity contribution in [1.82, 2.24) is 0 Å². The number of para-hydroxylation sites is 1. The van der Waals surface area contributed by atoms with Crippen LogP contribution in [0.15, 0.2) is 18.2 Å². The minimum Gasteiger partial charge on any atom is -0.468 e. The third-order valence-electron chi connectivity index (χ3n) is 2.74. The van der Waals surface area contributed by atoms with Crippen LogP contribution in [0.5, 0.6) is 0 Å². The summed E-state index contributed by atoms with van der Waals surface area (Å²) in [6.07, 6.45) is 0. The molecular weight excluding hydrogens is 337 g/mol. The number of benzene rings is 1. The molecule has 100 valence electrons. The van der Waals surface area contributed by atoms with Crippen LogP contribution in [0.1, 0.15) is 10.4 Å². The molecular formula is C12H9BrClNO4. The number of nitrogens with zero attached hydrogens (tertiary/aromatic N) is 1. The molecule has 0 N–H and O–H groups in total. The van der Waals surface area contributed by atoms with Crippen LogP contribution in [0, 0.1) is 0 Å². The number of esters is 1. The number of hydrogen-bond acceptors (Lipinski definition) is 4. The van der Waals surface area contributed by atoms with E-state index in [0.717, 1.165) is 0 Å². The Morgan fingerprint density at radius 1 is 1.47 bits per heavy atom. The summed E-state index contributed by atoms with van der Waals surface area (Å²) in [6, 6.07) is 4.71. The van der Waals surface area contributed by atoms with E-state index in [2.05, 4.69) is 20.7 Å². The largest absolute Gasteiger partial charge is 0.468 e. The summed E-state index contributed by atoms with van der Waals surface area (Å²) in [5.74, 6) is -1.85. The van der Waals surface area contributed by atoms with Gasteiger partial charge in [0, 0.05) is 6.54 Å². The van der Waals surface area contributed by atoms with Crippen molar-refractivity contribution < 1.29 is 19.1 Å². The number of methoxy groups -OCH3 is 1. The van der Waals surface area contributed by atoms with Gasteiger partial charge in [0.2, 0.25) is 0 Å². The second kappa shape index (κ2) is 5.30. The van der Waals surface area contributed by atoms with Gasteiger partial charge in [-0.3, -0.25) is 14.4 Å². The van der Waals surface area contributed by atoms with Crippen LogP contribution in [-0.4, -0.2) is 36.1 Å². The molecule has 0 bridgehead atoms. The van der Waals surface area contributed by atoms with Gasteiger partial charge in [-0.05, 0) is 12.1 Å². The van der Waals surface area contributed by atoms with Crippen molar-refractivity contribution in [1.29, 1.82) is 0 Å². The second-order valence-corrected chi connectivity index (χ2v) is 5.38. The van der Waals surface area contributed by atoms with E-state index in [1.165, 1.54) is 18.1 Å². The van der Waals surface area contributed by atoms with E-state index in [0.29, 0.717) is 10.7 Å². The number of Topliss-reactive ketones (excluding diaryl/α,β-unsaturated/α-hetero) is 1. The van der Waals surface area contributed by atoms with Crippen molar-refractivity contribution in [3.63, 3.8) is 0 Å². The second-order valence-electron chi connectivity index (χ2n) is 3.87. The van der Waals surface area contributed by atoms with Crippen molar-refractivity contribution in [2.75, 3.05) is 18.6 Å². The summed E-state index contributed by atoms with van der Waals surface area (Å²) in [5, 5.41) is 0.293. The minimum absolute atomic E-state index is 0.0199. The summed E-state index contributed by atoms with van der Waals surface area (Å²) < 4.78 is 4.56. The smallest absolute Gasteiger partial charge is 0.321 e. The summed E-state index contributed by atoms with van der Waals surface area (Å²) in [4.78, 5) is 35.5. The van der Waals surface area contributed by atoms with E-state index < -0.39 is 22.5 Å². The van der Waals surface area contributed by atoms with Gasteiger partial charge in [-0.15, -0.1) is 0 Å². The number of anilines is 1. The summed E-state index contributed by atoms with van der Waals surface area (Å²) in [5.41, 5.74) is 0.592. The zero-order valence-corrected chi connectivity index (χ0v) is 12.2. The SMILES string of the molecule is COC(=O)C(Br)CN1C(=O)C(=O)c2cccc(Cl)c21. The van der Waals surface area contributed by atoms with Crippen LogP contribution in [0.4, 0.5) is 5.69 Å². The lowest BCUT2D eigenvalue weighted by Gasteiger charge is -2.19. The first-order valence-corrected chi connectivity index (χ1v) is 6.63. The number of carbonyl (C=O) groups excluding carboxylic acids is 3. The first-order valence-electron chi connectivity index (χ1n) is 5.34. The number of fused-ring (bicyclic) bond motifs is 1. The summed E-state index contributed by atoms with van der Waals surface area (Å²) >= 11 is 9.13. The molecule has 0 saturated heterocycles. The van der Waals surface area contributed by atoms with Gasteiger partial charge in [-0.2, -0.15) is 0 Å². The Morgan fingerprint density at radius 2 is 2.16 bits per heavy atom. The Morgan fingerprint density at radius 3 is 2.79 bits per heavy atom. The molecule has 1 amide bonds. The molecule has 0 fully saturated rings. The van der Waals surface area contributed by atoms with Gasteiger partial charge in [0.1, 0.15) is 4.83 Å². The summed E-state index contributed by atoms with van der Waals surface area (Å²) in [7, 11) is 1.24. The van der Waals surface area contributed by atoms with E-state index >= 15 is 0 Å². The Balaban J connectivity index is 2.36. The maximum absolute atomic E-state index is 11.9. The van der Waals surface area contributed by atoms with Crippen LogP contribution in [0.25, 0.3) is 0 Å². The molecule has 19 heavy (non-hydrogen) atoms. The van der Waals surface area contributed by atoms with Crippen LogP contribution in [-0.2, 0) is 14.3 Å². The number of amides is 1. The highest BCUT2D eigenvalue weighted by atomic mass is 79.9. The molecule has 1 aliphatic rings. The van der Waals surface area contributed by atoms with E-state index in [4.69, 9.17) is 11.6 Å². The maximum Gasteiger partial charge on any atom is 0.321 e. The molecule has 0 radical (unpaired) electrons. The van der Waals surface area contributed by atoms with Crippen molar-refractivity contribution in [3.8, 4) is 0 Å². The fraction of sp³-hybridized carbons (Fsp3) is 0.250. The zero-order valence-electron chi connectivity index (χ0n) is 9.85. The maximum atomic E-state index is 11.9. The van der Waals surface area contributed by atoms with Crippen LogP contribution < -0.4 is 4.90 Å². The molecule has 1 atom stereocenters. The Kier molecular flexibility index (Phi) is 3.91. The van der Waals surface area contributed by atoms with E-state index in [1.54, 1.807) is 12.1 Å². The Bertz CT molecular complexity index is 575. The van der Waals surface area contributed by atoms with Gasteiger partial charge in [-0.25, -0.2) is 0 Å². The lowest BCUT2D eigenvalue weighted by atomic mass is 10.1. The first-order chi connectivity index (χ1) is 8.97. The Labute approximate surface area is 122 Å². The molecule has 7 heteroatoms. The molecule has 1 aromatic carbocycles. The van der Waals surface area contributed by atoms with E-state index in [9.17, 15) is 14.4 Å². The fourth-order valence-electron chi connectivity index (χ4n) is 1.85. The predicted molar refractivity (Wildman–Crippen MR) is 72.9 cm³/mol. The van der Waals surface area contributed by atoms with Gasteiger partial charge in [0.15, 0.2) is 0 Å². The molecule has 0 saturated carbocycles. The van der Waals surface area contributed by atoms with E-state index in [1.807, 2.05) is 0 Å². The van der Waals surface area contributed by atoms with Crippen molar-refractivity contribution in [2.24, 2.45) is 0 Å². The van der Waals surface area contributed by atoms with Crippen LogP contribution in [0.2, 0.25) is 5.02 Å². The van der Waals surface area contributed by atoms with Crippen molar-refractivity contribution >= 4 is 50.9 Å². The highest BCUT2D eigenvalue weighted by molar-refractivity contribution is 9.10. The fourth-order valence-corrected chi connectivity index (χ4v) is 2.60. The average molecular weight is 347 g/mol. The van der Waals surface area contributed by atoms with Crippen molar-refractivity contribution in [2.45, 2.75) is 4.83 Å². The highest BCUT2D eigenvalue weighted by Crippen LogP contribution is 2.36. The lowest BCUT2D eigenvalue weighted by Crippen LogP contribution is -2.38. The Hall–Kier alpha value is -1.40. The van der Waals surface area contributed by atoms with Gasteiger partial charge in [0.25, 0.3) is 11.7 Å². The molecule has 0 spiro atoms. The molecule has 1 heterocycles. The van der Waals surface area contributed by atoms with Gasteiger partial charge >= 0.3 is 5.97 Å². The summed E-state index contributed by atoms with van der Waals surface area (Å²) in [6.45, 7) is -0.0199. The molecule has 0 aliphatic carbocycles. The number of carbonyl (C=O) groups is 3. The van der Waals surface area contributed by atoms with E-state index in [-0.39, 0.29) is 12.1 Å². The topological polar surface area (TPSA) is 63.7 Å². The zero-order chi connectivity index (χ0) is 14.2. The van der Waals surface area contributed by atoms with Gasteiger partial charge in [-0.1, -0.05) is 33.6 Å². The number of halogens is 2. The third-order valence-corrected chi connectivity index (χ3v) is 3.71.